The maximum Gasteiger partial charge on any atom is 0.325 e. The minimum atomic E-state index is -0.522. The Morgan fingerprint density at radius 2 is 2.12 bits per heavy atom. The zero-order chi connectivity index (χ0) is 12.2. The first kappa shape index (κ1) is 13.0. The van der Waals surface area contributed by atoms with Crippen molar-refractivity contribution in [2.45, 2.75) is 45.3 Å². The van der Waals surface area contributed by atoms with Crippen LogP contribution in [0.25, 0.3) is 0 Å². The highest BCUT2D eigenvalue weighted by Gasteiger charge is 2.24. The highest BCUT2D eigenvalue weighted by Crippen LogP contribution is 2.11. The standard InChI is InChI=1S/C11H19NO4/c1-11(2,3)16-9(13)7-12-10(14)8-5-4-6-15-8/h8H,4-7H2,1-3H3,(H,12,14)/t8-/m1/s1. The van der Waals surface area contributed by atoms with Crippen molar-refractivity contribution >= 4 is 11.9 Å². The van der Waals surface area contributed by atoms with Crippen molar-refractivity contribution in [3.8, 4) is 0 Å². The first-order chi connectivity index (χ1) is 7.38. The molecule has 1 aliphatic rings. The number of carbonyl (C=O) groups is 2. The first-order valence-electron chi connectivity index (χ1n) is 5.49. The molecule has 1 atom stereocenters. The molecule has 0 aromatic heterocycles. The van der Waals surface area contributed by atoms with Crippen LogP contribution in [0, 0.1) is 0 Å². The summed E-state index contributed by atoms with van der Waals surface area (Å²) in [6.45, 7) is 5.87. The summed E-state index contributed by atoms with van der Waals surface area (Å²) in [4.78, 5) is 22.8. The third kappa shape index (κ3) is 4.61. The fourth-order valence-corrected chi connectivity index (χ4v) is 1.44. The maximum absolute atomic E-state index is 11.5. The van der Waals surface area contributed by atoms with Crippen molar-refractivity contribution < 1.29 is 19.1 Å². The summed E-state index contributed by atoms with van der Waals surface area (Å²) in [7, 11) is 0. The predicted molar refractivity (Wildman–Crippen MR) is 57.8 cm³/mol. The normalized spacial score (nSPS) is 20.6. The molecule has 1 rings (SSSR count). The van der Waals surface area contributed by atoms with E-state index in [0.717, 1.165) is 12.8 Å². The third-order valence-electron chi connectivity index (χ3n) is 2.05. The van der Waals surface area contributed by atoms with Gasteiger partial charge in [0.1, 0.15) is 18.2 Å². The molecular weight excluding hydrogens is 210 g/mol. The van der Waals surface area contributed by atoms with E-state index in [-0.39, 0.29) is 12.5 Å². The number of amides is 1. The molecule has 0 saturated carbocycles. The van der Waals surface area contributed by atoms with Gasteiger partial charge in [0.2, 0.25) is 5.91 Å². The Hall–Kier alpha value is -1.10. The maximum atomic E-state index is 11.5. The monoisotopic (exact) mass is 229 g/mol. The lowest BCUT2D eigenvalue weighted by atomic mass is 10.2. The summed E-state index contributed by atoms with van der Waals surface area (Å²) in [5.41, 5.74) is -0.522. The Morgan fingerprint density at radius 3 is 2.62 bits per heavy atom. The van der Waals surface area contributed by atoms with E-state index in [9.17, 15) is 9.59 Å². The minimum Gasteiger partial charge on any atom is -0.459 e. The second-order valence-corrected chi connectivity index (χ2v) is 4.81. The molecule has 1 aliphatic heterocycles. The van der Waals surface area contributed by atoms with Gasteiger partial charge in [-0.2, -0.15) is 0 Å². The number of esters is 1. The molecule has 92 valence electrons. The average Bonchev–Trinajstić information content (AvgIpc) is 2.64. The summed E-state index contributed by atoms with van der Waals surface area (Å²) in [5.74, 6) is -0.665. The Kier molecular flexibility index (Phi) is 4.29. The molecule has 1 heterocycles. The van der Waals surface area contributed by atoms with Crippen LogP contribution >= 0.6 is 0 Å². The van der Waals surface area contributed by atoms with Crippen LogP contribution in [0.3, 0.4) is 0 Å². The van der Waals surface area contributed by atoms with Gasteiger partial charge in [-0.3, -0.25) is 9.59 Å². The number of hydrogen-bond donors (Lipinski definition) is 1. The Balaban J connectivity index is 2.23. The second kappa shape index (κ2) is 5.30. The Labute approximate surface area is 95.5 Å². The molecule has 0 aromatic rings. The molecule has 5 heteroatoms. The SMILES string of the molecule is CC(C)(C)OC(=O)CNC(=O)[C@H]1CCCO1. The molecule has 0 bridgehead atoms. The summed E-state index contributed by atoms with van der Waals surface area (Å²) in [6.07, 6.45) is 1.22. The van der Waals surface area contributed by atoms with Gasteiger partial charge in [0.25, 0.3) is 0 Å². The van der Waals surface area contributed by atoms with Crippen molar-refractivity contribution in [1.82, 2.24) is 5.32 Å². The summed E-state index contributed by atoms with van der Waals surface area (Å²) < 4.78 is 10.2. The summed E-state index contributed by atoms with van der Waals surface area (Å²) in [6, 6.07) is 0. The van der Waals surface area contributed by atoms with Crippen LogP contribution in [0.5, 0.6) is 0 Å². The average molecular weight is 229 g/mol. The lowest BCUT2D eigenvalue weighted by Gasteiger charge is -2.19. The van der Waals surface area contributed by atoms with E-state index in [0.29, 0.717) is 6.61 Å². The zero-order valence-corrected chi connectivity index (χ0v) is 10.0. The molecule has 1 amide bonds. The van der Waals surface area contributed by atoms with Gasteiger partial charge in [-0.25, -0.2) is 0 Å². The quantitative estimate of drug-likeness (QED) is 0.721. The highest BCUT2D eigenvalue weighted by atomic mass is 16.6. The number of nitrogens with one attached hydrogen (secondary N) is 1. The van der Waals surface area contributed by atoms with E-state index in [1.165, 1.54) is 0 Å². The fraction of sp³-hybridized carbons (Fsp3) is 0.818. The minimum absolute atomic E-state index is 0.101. The Morgan fingerprint density at radius 1 is 1.44 bits per heavy atom. The zero-order valence-electron chi connectivity index (χ0n) is 10.0. The fourth-order valence-electron chi connectivity index (χ4n) is 1.44. The summed E-state index contributed by atoms with van der Waals surface area (Å²) in [5, 5.41) is 2.51. The predicted octanol–water partition coefficient (Wildman–Crippen LogP) is 0.623. The molecule has 0 aromatic carbocycles. The number of hydrogen-bond acceptors (Lipinski definition) is 4. The third-order valence-corrected chi connectivity index (χ3v) is 2.05. The smallest absolute Gasteiger partial charge is 0.325 e. The number of carbonyl (C=O) groups excluding carboxylic acids is 2. The first-order valence-corrected chi connectivity index (χ1v) is 5.49. The van der Waals surface area contributed by atoms with Crippen LogP contribution < -0.4 is 5.32 Å². The van der Waals surface area contributed by atoms with E-state index in [1.54, 1.807) is 20.8 Å². The molecular formula is C11H19NO4. The molecule has 0 spiro atoms. The van der Waals surface area contributed by atoms with Crippen LogP contribution in [-0.4, -0.2) is 36.7 Å². The molecule has 1 fully saturated rings. The molecule has 0 radical (unpaired) electrons. The van der Waals surface area contributed by atoms with Crippen molar-refractivity contribution in [2.24, 2.45) is 0 Å². The van der Waals surface area contributed by atoms with Gasteiger partial charge in [-0.05, 0) is 33.6 Å². The van der Waals surface area contributed by atoms with Gasteiger partial charge in [-0.15, -0.1) is 0 Å². The van der Waals surface area contributed by atoms with Gasteiger partial charge < -0.3 is 14.8 Å². The lowest BCUT2D eigenvalue weighted by molar-refractivity contribution is -0.155. The topological polar surface area (TPSA) is 64.6 Å². The van der Waals surface area contributed by atoms with Gasteiger partial charge in [0.05, 0.1) is 0 Å². The van der Waals surface area contributed by atoms with Crippen molar-refractivity contribution in [1.29, 1.82) is 0 Å². The van der Waals surface area contributed by atoms with E-state index in [1.807, 2.05) is 0 Å². The van der Waals surface area contributed by atoms with E-state index >= 15 is 0 Å². The van der Waals surface area contributed by atoms with Crippen molar-refractivity contribution in [2.75, 3.05) is 13.2 Å². The van der Waals surface area contributed by atoms with Gasteiger partial charge in [0, 0.05) is 6.61 Å². The molecule has 1 saturated heterocycles. The van der Waals surface area contributed by atoms with Gasteiger partial charge in [0.15, 0.2) is 0 Å². The molecule has 1 N–H and O–H groups in total. The van der Waals surface area contributed by atoms with Crippen molar-refractivity contribution in [3.63, 3.8) is 0 Å². The van der Waals surface area contributed by atoms with E-state index in [2.05, 4.69) is 5.32 Å². The van der Waals surface area contributed by atoms with E-state index < -0.39 is 17.7 Å². The van der Waals surface area contributed by atoms with Crippen LogP contribution in [-0.2, 0) is 19.1 Å². The van der Waals surface area contributed by atoms with Gasteiger partial charge >= 0.3 is 5.97 Å². The molecule has 5 nitrogen and oxygen atoms in total. The summed E-state index contributed by atoms with van der Waals surface area (Å²) >= 11 is 0. The number of rotatable bonds is 3. The number of ether oxygens (including phenoxy) is 2. The van der Waals surface area contributed by atoms with Gasteiger partial charge in [-0.1, -0.05) is 0 Å². The van der Waals surface area contributed by atoms with Crippen molar-refractivity contribution in [3.05, 3.63) is 0 Å². The second-order valence-electron chi connectivity index (χ2n) is 4.81. The highest BCUT2D eigenvalue weighted by molar-refractivity contribution is 5.85. The molecule has 16 heavy (non-hydrogen) atoms. The molecule has 0 unspecified atom stereocenters. The van der Waals surface area contributed by atoms with Crippen LogP contribution in [0.15, 0.2) is 0 Å². The van der Waals surface area contributed by atoms with Crippen LogP contribution in [0.1, 0.15) is 33.6 Å². The van der Waals surface area contributed by atoms with Crippen LogP contribution in [0.4, 0.5) is 0 Å². The Bertz CT molecular complexity index is 264. The molecule has 0 aliphatic carbocycles. The largest absolute Gasteiger partial charge is 0.459 e. The van der Waals surface area contributed by atoms with E-state index in [4.69, 9.17) is 9.47 Å². The van der Waals surface area contributed by atoms with Crippen LogP contribution in [0.2, 0.25) is 0 Å². The lowest BCUT2D eigenvalue weighted by Crippen LogP contribution is -2.39.